The highest BCUT2D eigenvalue weighted by Gasteiger charge is 2.51. The Morgan fingerprint density at radius 2 is 1.84 bits per heavy atom. The summed E-state index contributed by atoms with van der Waals surface area (Å²) in [5.41, 5.74) is 2.13. The molecule has 2 aliphatic rings. The van der Waals surface area contributed by atoms with E-state index in [0.29, 0.717) is 5.91 Å². The Balaban J connectivity index is 2.09. The first-order valence-corrected chi connectivity index (χ1v) is 7.18. The highest BCUT2D eigenvalue weighted by molar-refractivity contribution is 6.09. The fourth-order valence-electron chi connectivity index (χ4n) is 3.54. The van der Waals surface area contributed by atoms with Crippen LogP contribution in [-0.2, 0) is 10.2 Å². The van der Waals surface area contributed by atoms with Crippen LogP contribution in [0, 0.1) is 0 Å². The molecule has 1 fully saturated rings. The van der Waals surface area contributed by atoms with Crippen LogP contribution in [0.3, 0.4) is 0 Å². The maximum absolute atomic E-state index is 13.0. The first-order valence-electron chi connectivity index (χ1n) is 7.18. The summed E-state index contributed by atoms with van der Waals surface area (Å²) < 4.78 is 0. The molecular weight excluding hydrogens is 235 g/mol. The minimum atomic E-state index is -0.257. The average molecular weight is 256 g/mol. The zero-order chi connectivity index (χ0) is 13.6. The van der Waals surface area contributed by atoms with Gasteiger partial charge in [-0.2, -0.15) is 0 Å². The molecule has 1 saturated heterocycles. The third-order valence-corrected chi connectivity index (χ3v) is 4.66. The summed E-state index contributed by atoms with van der Waals surface area (Å²) in [5.74, 6) is 0.316. The topological polar surface area (TPSA) is 23.6 Å². The molecule has 2 aliphatic heterocycles. The highest BCUT2D eigenvalue weighted by atomic mass is 16.2. The van der Waals surface area contributed by atoms with Crippen LogP contribution in [-0.4, -0.2) is 37.8 Å². The van der Waals surface area contributed by atoms with Crippen molar-refractivity contribution in [1.29, 1.82) is 0 Å². The molecule has 1 aromatic rings. The van der Waals surface area contributed by atoms with Crippen LogP contribution in [0.4, 0.5) is 5.69 Å². The Morgan fingerprint density at radius 1 is 1.21 bits per heavy atom. The number of rotatable bonds is 1. The number of nitrogens with zero attached hydrogens (tertiary/aromatic N) is 2. The standard InChI is InChI=1S/C15H21BN2O/c1-11(2)18-13-6-4-3-5-12(13)15(14(18)19)7-9-17(16)10-8-15/h3-6,11H,7-10,16H2,1-2H3. The number of hydrogen-bond acceptors (Lipinski definition) is 2. The number of hydrogen-bond donors (Lipinski definition) is 0. The zero-order valence-electron chi connectivity index (χ0n) is 12.0. The molecule has 0 aromatic heterocycles. The first kappa shape index (κ1) is 12.7. The Bertz CT molecular complexity index is 507. The predicted octanol–water partition coefficient (Wildman–Crippen LogP) is 1.32. The van der Waals surface area contributed by atoms with Crippen molar-refractivity contribution in [2.45, 2.75) is 38.1 Å². The number of fused-ring (bicyclic) bond motifs is 2. The first-order chi connectivity index (χ1) is 9.06. The average Bonchev–Trinajstić information content (AvgIpc) is 2.63. The van der Waals surface area contributed by atoms with Gasteiger partial charge in [0.2, 0.25) is 5.91 Å². The fraction of sp³-hybridized carbons (Fsp3) is 0.533. The maximum Gasteiger partial charge on any atom is 0.238 e. The molecule has 2 heterocycles. The number of piperidine rings is 1. The highest BCUT2D eigenvalue weighted by Crippen LogP contribution is 2.48. The number of anilines is 1. The van der Waals surface area contributed by atoms with E-state index in [4.69, 9.17) is 0 Å². The van der Waals surface area contributed by atoms with Gasteiger partial charge in [0.15, 0.2) is 7.98 Å². The number of para-hydroxylation sites is 1. The number of carbonyl (C=O) groups is 1. The quantitative estimate of drug-likeness (QED) is 0.707. The van der Waals surface area contributed by atoms with Crippen molar-refractivity contribution in [3.63, 3.8) is 0 Å². The summed E-state index contributed by atoms with van der Waals surface area (Å²) in [6.07, 6.45) is 1.89. The van der Waals surface area contributed by atoms with E-state index in [1.165, 1.54) is 5.56 Å². The molecule has 1 amide bonds. The molecule has 0 radical (unpaired) electrons. The van der Waals surface area contributed by atoms with Gasteiger partial charge in [-0.05, 0) is 51.4 Å². The molecule has 0 unspecified atom stereocenters. The molecule has 0 N–H and O–H groups in total. The second-order valence-corrected chi connectivity index (χ2v) is 6.17. The van der Waals surface area contributed by atoms with E-state index in [0.717, 1.165) is 31.6 Å². The van der Waals surface area contributed by atoms with Crippen LogP contribution in [0.15, 0.2) is 24.3 Å². The molecule has 1 aromatic carbocycles. The molecule has 0 bridgehead atoms. The van der Waals surface area contributed by atoms with Gasteiger partial charge < -0.3 is 9.71 Å². The van der Waals surface area contributed by atoms with Gasteiger partial charge in [-0.15, -0.1) is 0 Å². The van der Waals surface area contributed by atoms with Crippen molar-refractivity contribution in [3.8, 4) is 0 Å². The lowest BCUT2D eigenvalue weighted by molar-refractivity contribution is -0.124. The van der Waals surface area contributed by atoms with Crippen LogP contribution in [0.1, 0.15) is 32.3 Å². The maximum atomic E-state index is 13.0. The van der Waals surface area contributed by atoms with Gasteiger partial charge in [0, 0.05) is 11.7 Å². The van der Waals surface area contributed by atoms with E-state index < -0.39 is 0 Å². The molecule has 0 atom stereocenters. The lowest BCUT2D eigenvalue weighted by Gasteiger charge is -2.37. The molecule has 100 valence electrons. The SMILES string of the molecule is BN1CCC2(CC1)C(=O)N(C(C)C)c1ccccc12. The Labute approximate surface area is 116 Å². The van der Waals surface area contributed by atoms with Crippen LogP contribution in [0.5, 0.6) is 0 Å². The van der Waals surface area contributed by atoms with Crippen molar-refractivity contribution in [1.82, 2.24) is 4.81 Å². The second-order valence-electron chi connectivity index (χ2n) is 6.17. The van der Waals surface area contributed by atoms with E-state index in [2.05, 4.69) is 44.8 Å². The zero-order valence-corrected chi connectivity index (χ0v) is 12.0. The van der Waals surface area contributed by atoms with Crippen LogP contribution in [0.25, 0.3) is 0 Å². The summed E-state index contributed by atoms with van der Waals surface area (Å²) in [6, 6.07) is 8.58. The van der Waals surface area contributed by atoms with Crippen LogP contribution in [0.2, 0.25) is 0 Å². The Hall–Kier alpha value is -1.29. The fourth-order valence-corrected chi connectivity index (χ4v) is 3.54. The van der Waals surface area contributed by atoms with Crippen molar-refractivity contribution < 1.29 is 4.79 Å². The predicted molar refractivity (Wildman–Crippen MR) is 80.1 cm³/mol. The van der Waals surface area contributed by atoms with Gasteiger partial charge in [0.1, 0.15) is 0 Å². The largest absolute Gasteiger partial charge is 0.349 e. The Morgan fingerprint density at radius 3 is 2.47 bits per heavy atom. The summed E-state index contributed by atoms with van der Waals surface area (Å²) in [7, 11) is 2.14. The molecule has 1 spiro atoms. The third kappa shape index (κ3) is 1.73. The van der Waals surface area contributed by atoms with Crippen molar-refractivity contribution in [2.75, 3.05) is 18.0 Å². The Kier molecular flexibility index (Phi) is 2.93. The van der Waals surface area contributed by atoms with Crippen LogP contribution < -0.4 is 4.90 Å². The smallest absolute Gasteiger partial charge is 0.238 e. The van der Waals surface area contributed by atoms with E-state index in [-0.39, 0.29) is 11.5 Å². The molecule has 0 aliphatic carbocycles. The normalized spacial score (nSPS) is 22.3. The van der Waals surface area contributed by atoms with Gasteiger partial charge in [-0.1, -0.05) is 18.2 Å². The van der Waals surface area contributed by atoms with E-state index in [1.807, 2.05) is 11.0 Å². The summed E-state index contributed by atoms with van der Waals surface area (Å²) in [6.45, 7) is 6.21. The van der Waals surface area contributed by atoms with Gasteiger partial charge in [0.05, 0.1) is 5.41 Å². The lowest BCUT2D eigenvalue weighted by Crippen LogP contribution is -2.49. The number of amides is 1. The van der Waals surface area contributed by atoms with Gasteiger partial charge in [-0.3, -0.25) is 4.79 Å². The minimum Gasteiger partial charge on any atom is -0.349 e. The van der Waals surface area contributed by atoms with E-state index >= 15 is 0 Å². The van der Waals surface area contributed by atoms with Crippen molar-refractivity contribution in [3.05, 3.63) is 29.8 Å². The number of benzene rings is 1. The third-order valence-electron chi connectivity index (χ3n) is 4.66. The van der Waals surface area contributed by atoms with Gasteiger partial charge in [0.25, 0.3) is 0 Å². The van der Waals surface area contributed by atoms with Crippen molar-refractivity contribution in [2.24, 2.45) is 0 Å². The number of carbonyl (C=O) groups excluding carboxylic acids is 1. The minimum absolute atomic E-state index is 0.229. The molecular formula is C15H21BN2O. The van der Waals surface area contributed by atoms with Crippen molar-refractivity contribution >= 4 is 19.6 Å². The van der Waals surface area contributed by atoms with Crippen LogP contribution >= 0.6 is 0 Å². The van der Waals surface area contributed by atoms with E-state index in [9.17, 15) is 4.79 Å². The van der Waals surface area contributed by atoms with Gasteiger partial charge >= 0.3 is 0 Å². The molecule has 0 saturated carbocycles. The molecule has 3 rings (SSSR count). The molecule has 4 heteroatoms. The summed E-state index contributed by atoms with van der Waals surface area (Å²) in [4.78, 5) is 17.3. The summed E-state index contributed by atoms with van der Waals surface area (Å²) in [5, 5.41) is 0. The summed E-state index contributed by atoms with van der Waals surface area (Å²) >= 11 is 0. The second kappa shape index (κ2) is 4.38. The lowest BCUT2D eigenvalue weighted by atomic mass is 9.73. The van der Waals surface area contributed by atoms with Gasteiger partial charge in [-0.25, -0.2) is 0 Å². The van der Waals surface area contributed by atoms with E-state index in [1.54, 1.807) is 0 Å². The molecule has 3 nitrogen and oxygen atoms in total. The molecule has 19 heavy (non-hydrogen) atoms. The monoisotopic (exact) mass is 256 g/mol.